The zero-order valence-corrected chi connectivity index (χ0v) is 14.3. The SMILES string of the molecule is Cc1cccc(-c2sc(C)nc2C(=O)N2CC3C[C@@H]3[C@H]2CN)c1. The molecule has 23 heavy (non-hydrogen) atoms. The third-order valence-corrected chi connectivity index (χ3v) is 6.04. The molecule has 0 bridgehead atoms. The van der Waals surface area contributed by atoms with Crippen molar-refractivity contribution in [2.45, 2.75) is 26.3 Å². The number of aryl methyl sites for hydroxylation is 2. The fourth-order valence-electron chi connectivity index (χ4n) is 3.80. The maximum atomic E-state index is 13.1. The lowest BCUT2D eigenvalue weighted by atomic mass is 10.1. The van der Waals surface area contributed by atoms with E-state index >= 15 is 0 Å². The fraction of sp³-hybridized carbons (Fsp3) is 0.444. The fourth-order valence-corrected chi connectivity index (χ4v) is 4.70. The Balaban J connectivity index is 1.70. The molecular formula is C18H21N3OS. The van der Waals surface area contributed by atoms with Gasteiger partial charge in [-0.2, -0.15) is 0 Å². The topological polar surface area (TPSA) is 59.2 Å². The molecular weight excluding hydrogens is 306 g/mol. The maximum absolute atomic E-state index is 13.1. The van der Waals surface area contributed by atoms with Gasteiger partial charge in [-0.1, -0.05) is 29.8 Å². The highest BCUT2D eigenvalue weighted by atomic mass is 32.1. The third-order valence-electron chi connectivity index (χ3n) is 5.02. The highest BCUT2D eigenvalue weighted by Gasteiger charge is 2.53. The first-order chi connectivity index (χ1) is 11.1. The summed E-state index contributed by atoms with van der Waals surface area (Å²) in [5, 5.41) is 0.929. The van der Waals surface area contributed by atoms with Gasteiger partial charge in [0.25, 0.3) is 5.91 Å². The molecule has 1 aliphatic heterocycles. The summed E-state index contributed by atoms with van der Waals surface area (Å²) >= 11 is 1.59. The smallest absolute Gasteiger partial charge is 0.274 e. The number of benzene rings is 1. The Kier molecular flexibility index (Phi) is 3.50. The summed E-state index contributed by atoms with van der Waals surface area (Å²) in [5.41, 5.74) is 8.78. The van der Waals surface area contributed by atoms with Crippen molar-refractivity contribution in [3.8, 4) is 10.4 Å². The van der Waals surface area contributed by atoms with Crippen LogP contribution in [0.25, 0.3) is 10.4 Å². The van der Waals surface area contributed by atoms with E-state index in [-0.39, 0.29) is 11.9 Å². The summed E-state index contributed by atoms with van der Waals surface area (Å²) in [6.45, 7) is 5.42. The molecule has 1 saturated carbocycles. The average molecular weight is 327 g/mol. The summed E-state index contributed by atoms with van der Waals surface area (Å²) in [6.07, 6.45) is 1.23. The Bertz CT molecular complexity index is 769. The summed E-state index contributed by atoms with van der Waals surface area (Å²) in [5.74, 6) is 1.33. The first-order valence-corrected chi connectivity index (χ1v) is 8.95. The third kappa shape index (κ3) is 2.48. The van der Waals surface area contributed by atoms with Crippen molar-refractivity contribution < 1.29 is 4.79 Å². The van der Waals surface area contributed by atoms with E-state index in [0.717, 1.165) is 22.0 Å². The molecule has 2 aliphatic rings. The van der Waals surface area contributed by atoms with Crippen LogP contribution in [0.3, 0.4) is 0 Å². The van der Waals surface area contributed by atoms with E-state index < -0.39 is 0 Å². The Labute approximate surface area is 140 Å². The number of likely N-dealkylation sites (tertiary alicyclic amines) is 1. The van der Waals surface area contributed by atoms with Crippen molar-refractivity contribution in [2.24, 2.45) is 17.6 Å². The number of carbonyl (C=O) groups is 1. The number of carbonyl (C=O) groups excluding carboxylic acids is 1. The number of hydrogen-bond donors (Lipinski definition) is 1. The molecule has 0 spiro atoms. The predicted octanol–water partition coefficient (Wildman–Crippen LogP) is 2.85. The zero-order chi connectivity index (χ0) is 16.1. The van der Waals surface area contributed by atoms with Gasteiger partial charge in [-0.3, -0.25) is 4.79 Å². The Morgan fingerprint density at radius 1 is 1.43 bits per heavy atom. The van der Waals surface area contributed by atoms with Crippen molar-refractivity contribution >= 4 is 17.2 Å². The van der Waals surface area contributed by atoms with Crippen LogP contribution in [0, 0.1) is 25.7 Å². The van der Waals surface area contributed by atoms with Gasteiger partial charge in [-0.25, -0.2) is 4.98 Å². The highest BCUT2D eigenvalue weighted by molar-refractivity contribution is 7.15. The van der Waals surface area contributed by atoms with Crippen LogP contribution in [-0.2, 0) is 0 Å². The van der Waals surface area contributed by atoms with Crippen LogP contribution >= 0.6 is 11.3 Å². The maximum Gasteiger partial charge on any atom is 0.274 e. The second-order valence-corrected chi connectivity index (χ2v) is 7.90. The minimum Gasteiger partial charge on any atom is -0.332 e. The summed E-state index contributed by atoms with van der Waals surface area (Å²) < 4.78 is 0. The summed E-state index contributed by atoms with van der Waals surface area (Å²) in [6, 6.07) is 8.46. The van der Waals surface area contributed by atoms with E-state index in [1.807, 2.05) is 17.9 Å². The molecule has 2 aromatic rings. The van der Waals surface area contributed by atoms with E-state index in [1.165, 1.54) is 12.0 Å². The molecule has 120 valence electrons. The zero-order valence-electron chi connectivity index (χ0n) is 13.5. The number of aromatic nitrogens is 1. The molecule has 2 heterocycles. The standard InChI is InChI=1S/C18H21N3OS/c1-10-4-3-5-12(6-10)17-16(20-11(2)23-17)18(22)21-9-13-7-14(13)15(21)8-19/h3-6,13-15H,7-9,19H2,1-2H3/t13?,14-,15+/m0/s1. The van der Waals surface area contributed by atoms with E-state index in [1.54, 1.807) is 11.3 Å². The first-order valence-electron chi connectivity index (χ1n) is 8.14. The van der Waals surface area contributed by atoms with Gasteiger partial charge < -0.3 is 10.6 Å². The molecule has 1 aliphatic carbocycles. The van der Waals surface area contributed by atoms with Gasteiger partial charge in [0.1, 0.15) is 5.69 Å². The van der Waals surface area contributed by atoms with E-state index in [0.29, 0.717) is 24.1 Å². The van der Waals surface area contributed by atoms with E-state index in [4.69, 9.17) is 5.73 Å². The minimum atomic E-state index is 0.0495. The van der Waals surface area contributed by atoms with Crippen LogP contribution in [0.15, 0.2) is 24.3 Å². The lowest BCUT2D eigenvalue weighted by molar-refractivity contribution is 0.0708. The van der Waals surface area contributed by atoms with Crippen molar-refractivity contribution in [3.63, 3.8) is 0 Å². The molecule has 4 nitrogen and oxygen atoms in total. The van der Waals surface area contributed by atoms with Crippen LogP contribution < -0.4 is 5.73 Å². The van der Waals surface area contributed by atoms with Gasteiger partial charge in [0, 0.05) is 19.1 Å². The molecule has 1 saturated heterocycles. The van der Waals surface area contributed by atoms with Crippen LogP contribution in [0.2, 0.25) is 0 Å². The van der Waals surface area contributed by atoms with Gasteiger partial charge in [-0.15, -0.1) is 11.3 Å². The molecule has 4 rings (SSSR count). The molecule has 3 atom stereocenters. The second-order valence-electron chi connectivity index (χ2n) is 6.70. The molecule has 1 aromatic carbocycles. The van der Waals surface area contributed by atoms with Crippen molar-refractivity contribution in [2.75, 3.05) is 13.1 Å². The van der Waals surface area contributed by atoms with Crippen molar-refractivity contribution in [1.82, 2.24) is 9.88 Å². The van der Waals surface area contributed by atoms with Gasteiger partial charge in [0.05, 0.1) is 9.88 Å². The largest absolute Gasteiger partial charge is 0.332 e. The van der Waals surface area contributed by atoms with Crippen molar-refractivity contribution in [1.29, 1.82) is 0 Å². The molecule has 1 aromatic heterocycles. The number of nitrogens with zero attached hydrogens (tertiary/aromatic N) is 2. The number of fused-ring (bicyclic) bond motifs is 1. The van der Waals surface area contributed by atoms with Crippen molar-refractivity contribution in [3.05, 3.63) is 40.5 Å². The second kappa shape index (κ2) is 5.42. The highest BCUT2D eigenvalue weighted by Crippen LogP contribution is 2.49. The molecule has 5 heteroatoms. The van der Waals surface area contributed by atoms with Crippen LogP contribution in [0.1, 0.15) is 27.5 Å². The first kappa shape index (κ1) is 14.8. The number of nitrogens with two attached hydrogens (primary N) is 1. The quantitative estimate of drug-likeness (QED) is 0.943. The molecule has 2 fully saturated rings. The van der Waals surface area contributed by atoms with E-state index in [9.17, 15) is 4.79 Å². The van der Waals surface area contributed by atoms with Gasteiger partial charge in [0.2, 0.25) is 0 Å². The van der Waals surface area contributed by atoms with Gasteiger partial charge >= 0.3 is 0 Å². The number of amides is 1. The number of hydrogen-bond acceptors (Lipinski definition) is 4. The molecule has 0 radical (unpaired) electrons. The summed E-state index contributed by atoms with van der Waals surface area (Å²) in [7, 11) is 0. The Morgan fingerprint density at radius 2 is 2.26 bits per heavy atom. The lowest BCUT2D eigenvalue weighted by Crippen LogP contribution is -2.43. The monoisotopic (exact) mass is 327 g/mol. The van der Waals surface area contributed by atoms with Gasteiger partial charge in [-0.05, 0) is 37.7 Å². The Hall–Kier alpha value is -1.72. The number of thiazole rings is 1. The number of rotatable bonds is 3. The summed E-state index contributed by atoms with van der Waals surface area (Å²) in [4.78, 5) is 20.6. The van der Waals surface area contributed by atoms with Crippen LogP contribution in [0.5, 0.6) is 0 Å². The molecule has 1 unspecified atom stereocenters. The number of piperidine rings is 1. The van der Waals surface area contributed by atoms with E-state index in [2.05, 4.69) is 30.1 Å². The normalized spacial score (nSPS) is 25.5. The van der Waals surface area contributed by atoms with Crippen LogP contribution in [-0.4, -0.2) is 34.9 Å². The lowest BCUT2D eigenvalue weighted by Gasteiger charge is -2.26. The predicted molar refractivity (Wildman–Crippen MR) is 92.5 cm³/mol. The molecule has 1 amide bonds. The van der Waals surface area contributed by atoms with Crippen LogP contribution in [0.4, 0.5) is 0 Å². The average Bonchev–Trinajstić information content (AvgIpc) is 3.03. The van der Waals surface area contributed by atoms with Gasteiger partial charge in [0.15, 0.2) is 0 Å². The minimum absolute atomic E-state index is 0.0495. The molecule has 2 N–H and O–H groups in total. The Morgan fingerprint density at radius 3 is 3.00 bits per heavy atom.